The molecule has 1 aliphatic heterocycles. The molecule has 0 radical (unpaired) electrons. The van der Waals surface area contributed by atoms with Crippen LogP contribution in [0, 0.1) is 5.92 Å². The number of hydrogen-bond acceptors (Lipinski definition) is 5. The van der Waals surface area contributed by atoms with E-state index in [9.17, 15) is 14.0 Å². The third-order valence-electron chi connectivity index (χ3n) is 3.94. The second-order valence-corrected chi connectivity index (χ2v) is 7.41. The molecule has 0 bridgehead atoms. The lowest BCUT2D eigenvalue weighted by Crippen LogP contribution is -2.49. The molecule has 2 rings (SSSR count). The minimum Gasteiger partial charge on any atom is -0.459 e. The van der Waals surface area contributed by atoms with Gasteiger partial charge in [-0.1, -0.05) is 30.3 Å². The molecule has 26 heavy (non-hydrogen) atoms. The lowest BCUT2D eigenvalue weighted by molar-refractivity contribution is -0.159. The van der Waals surface area contributed by atoms with E-state index in [0.29, 0.717) is 19.5 Å². The maximum atomic E-state index is 12.9. The average molecular weight is 366 g/mol. The van der Waals surface area contributed by atoms with Crippen LogP contribution in [0.15, 0.2) is 30.3 Å². The van der Waals surface area contributed by atoms with E-state index in [1.54, 1.807) is 25.8 Å². The average Bonchev–Trinajstić information content (AvgIpc) is 3.06. The highest BCUT2D eigenvalue weighted by molar-refractivity contribution is 5.78. The first-order valence-corrected chi connectivity index (χ1v) is 8.79. The number of carbonyl (C=O) groups excluding carboxylic acids is 2. The summed E-state index contributed by atoms with van der Waals surface area (Å²) in [6, 6.07) is 9.28. The van der Waals surface area contributed by atoms with Gasteiger partial charge in [0.15, 0.2) is 0 Å². The molecule has 7 heteroatoms. The third-order valence-corrected chi connectivity index (χ3v) is 3.94. The minimum absolute atomic E-state index is 0.102. The van der Waals surface area contributed by atoms with Gasteiger partial charge in [-0.2, -0.15) is 0 Å². The molecule has 1 unspecified atom stereocenters. The third kappa shape index (κ3) is 6.29. The number of alkyl halides is 1. The summed E-state index contributed by atoms with van der Waals surface area (Å²) >= 11 is 0. The minimum atomic E-state index is -0.650. The van der Waals surface area contributed by atoms with Crippen LogP contribution in [0.25, 0.3) is 0 Å². The van der Waals surface area contributed by atoms with E-state index >= 15 is 0 Å². The van der Waals surface area contributed by atoms with Crippen molar-refractivity contribution in [3.8, 4) is 0 Å². The normalized spacial score (nSPS) is 17.8. The van der Waals surface area contributed by atoms with Gasteiger partial charge in [-0.25, -0.2) is 14.8 Å². The first-order valence-electron chi connectivity index (χ1n) is 8.79. The Labute approximate surface area is 153 Å². The van der Waals surface area contributed by atoms with E-state index in [1.807, 2.05) is 30.3 Å². The lowest BCUT2D eigenvalue weighted by Gasteiger charge is -2.31. The summed E-state index contributed by atoms with van der Waals surface area (Å²) < 4.78 is 23.6. The molecule has 1 heterocycles. The number of hydrazine groups is 1. The van der Waals surface area contributed by atoms with E-state index in [-0.39, 0.29) is 19.1 Å². The predicted molar refractivity (Wildman–Crippen MR) is 94.8 cm³/mol. The van der Waals surface area contributed by atoms with Gasteiger partial charge >= 0.3 is 12.1 Å². The van der Waals surface area contributed by atoms with Crippen LogP contribution in [-0.4, -0.2) is 54.0 Å². The fourth-order valence-corrected chi connectivity index (χ4v) is 2.73. The number of halogens is 1. The van der Waals surface area contributed by atoms with Crippen molar-refractivity contribution in [3.63, 3.8) is 0 Å². The van der Waals surface area contributed by atoms with Crippen molar-refractivity contribution in [2.75, 3.05) is 26.3 Å². The zero-order valence-electron chi connectivity index (χ0n) is 15.6. The Morgan fingerprint density at radius 2 is 1.96 bits per heavy atom. The fraction of sp³-hybridized carbons (Fsp3) is 0.579. The van der Waals surface area contributed by atoms with Gasteiger partial charge in [0.05, 0.1) is 6.67 Å². The van der Waals surface area contributed by atoms with Crippen LogP contribution in [0.1, 0.15) is 32.8 Å². The molecule has 0 aromatic heterocycles. The number of rotatable bonds is 6. The van der Waals surface area contributed by atoms with Crippen LogP contribution in [0.5, 0.6) is 0 Å². The van der Waals surface area contributed by atoms with E-state index in [0.717, 1.165) is 5.56 Å². The van der Waals surface area contributed by atoms with Crippen molar-refractivity contribution >= 4 is 12.1 Å². The van der Waals surface area contributed by atoms with Gasteiger partial charge in [0.2, 0.25) is 0 Å². The smallest absolute Gasteiger partial charge is 0.425 e. The highest BCUT2D eigenvalue weighted by atomic mass is 19.1. The molecular weight excluding hydrogens is 339 g/mol. The number of hydrogen-bond donors (Lipinski definition) is 0. The summed E-state index contributed by atoms with van der Waals surface area (Å²) in [5, 5.41) is 2.90. The zero-order chi connectivity index (χ0) is 19.2. The number of esters is 1. The standard InChI is InChI=1S/C19H27FN2O4/c1-19(2,3)26-17(23)13-22(21-10-9-16(11-20)12-21)18(24)25-14-15-7-5-4-6-8-15/h4-8,16H,9-14H2,1-3H3. The summed E-state index contributed by atoms with van der Waals surface area (Å²) in [6.07, 6.45) is -0.00738. The van der Waals surface area contributed by atoms with Gasteiger partial charge in [-0.15, -0.1) is 0 Å². The van der Waals surface area contributed by atoms with Gasteiger partial charge in [-0.3, -0.25) is 9.18 Å². The Morgan fingerprint density at radius 1 is 1.27 bits per heavy atom. The first kappa shape index (κ1) is 20.2. The molecule has 1 aromatic carbocycles. The monoisotopic (exact) mass is 366 g/mol. The fourth-order valence-electron chi connectivity index (χ4n) is 2.73. The van der Waals surface area contributed by atoms with E-state index in [4.69, 9.17) is 9.47 Å². The van der Waals surface area contributed by atoms with Crippen LogP contribution in [-0.2, 0) is 20.9 Å². The molecular formula is C19H27FN2O4. The highest BCUT2D eigenvalue weighted by Crippen LogP contribution is 2.20. The molecule has 1 saturated heterocycles. The molecule has 6 nitrogen and oxygen atoms in total. The van der Waals surface area contributed by atoms with Gasteiger partial charge in [0, 0.05) is 19.0 Å². The Hall–Kier alpha value is -2.15. The number of amides is 1. The second-order valence-electron chi connectivity index (χ2n) is 7.41. The maximum Gasteiger partial charge on any atom is 0.425 e. The van der Waals surface area contributed by atoms with E-state index < -0.39 is 24.3 Å². The Morgan fingerprint density at radius 3 is 2.54 bits per heavy atom. The molecule has 1 aromatic rings. The number of benzene rings is 1. The van der Waals surface area contributed by atoms with Crippen LogP contribution in [0.2, 0.25) is 0 Å². The SMILES string of the molecule is CC(C)(C)OC(=O)CN(C(=O)OCc1ccccc1)N1CCC(CF)C1. The summed E-state index contributed by atoms with van der Waals surface area (Å²) in [4.78, 5) is 24.7. The molecule has 1 aliphatic rings. The Bertz CT molecular complexity index is 603. The number of nitrogens with zero attached hydrogens (tertiary/aromatic N) is 2. The van der Waals surface area contributed by atoms with Crippen molar-refractivity contribution in [1.82, 2.24) is 10.0 Å². The summed E-state index contributed by atoms with van der Waals surface area (Å²) in [7, 11) is 0. The molecule has 0 aliphatic carbocycles. The van der Waals surface area contributed by atoms with Crippen LogP contribution in [0.4, 0.5) is 9.18 Å². The number of carbonyl (C=O) groups is 2. The van der Waals surface area contributed by atoms with Crippen molar-refractivity contribution < 1.29 is 23.5 Å². The van der Waals surface area contributed by atoms with E-state index in [2.05, 4.69) is 0 Å². The molecule has 144 valence electrons. The molecule has 0 saturated carbocycles. The Kier molecular flexibility index (Phi) is 6.97. The van der Waals surface area contributed by atoms with Gasteiger partial charge in [0.1, 0.15) is 18.8 Å². The maximum absolute atomic E-state index is 12.9. The predicted octanol–water partition coefficient (Wildman–Crippen LogP) is 3.17. The molecule has 0 N–H and O–H groups in total. The van der Waals surface area contributed by atoms with Crippen LogP contribution >= 0.6 is 0 Å². The van der Waals surface area contributed by atoms with Crippen molar-refractivity contribution in [1.29, 1.82) is 0 Å². The van der Waals surface area contributed by atoms with Crippen LogP contribution in [0.3, 0.4) is 0 Å². The van der Waals surface area contributed by atoms with Crippen molar-refractivity contribution in [2.24, 2.45) is 5.92 Å². The first-order chi connectivity index (χ1) is 12.3. The lowest BCUT2D eigenvalue weighted by atomic mass is 10.1. The van der Waals surface area contributed by atoms with Crippen molar-refractivity contribution in [2.45, 2.75) is 39.4 Å². The largest absolute Gasteiger partial charge is 0.459 e. The van der Waals surface area contributed by atoms with Gasteiger partial charge < -0.3 is 9.47 Å². The molecule has 1 amide bonds. The Balaban J connectivity index is 2.01. The number of ether oxygens (including phenoxy) is 2. The molecule has 0 spiro atoms. The summed E-state index contributed by atoms with van der Waals surface area (Å²) in [6.45, 7) is 5.55. The van der Waals surface area contributed by atoms with Crippen molar-refractivity contribution in [3.05, 3.63) is 35.9 Å². The quantitative estimate of drug-likeness (QED) is 0.724. The topological polar surface area (TPSA) is 59.1 Å². The van der Waals surface area contributed by atoms with Gasteiger partial charge in [-0.05, 0) is 32.8 Å². The van der Waals surface area contributed by atoms with Gasteiger partial charge in [0.25, 0.3) is 0 Å². The molecule has 1 atom stereocenters. The molecule has 1 fully saturated rings. The van der Waals surface area contributed by atoms with E-state index in [1.165, 1.54) is 5.01 Å². The summed E-state index contributed by atoms with van der Waals surface area (Å²) in [5.41, 5.74) is 0.199. The highest BCUT2D eigenvalue weighted by Gasteiger charge is 2.33. The van der Waals surface area contributed by atoms with Crippen LogP contribution < -0.4 is 0 Å². The second kappa shape index (κ2) is 8.98. The zero-order valence-corrected chi connectivity index (χ0v) is 15.6. The summed E-state index contributed by atoms with van der Waals surface area (Å²) in [5.74, 6) is -0.670.